The standard InChI is InChI=1S/C7H13NO/c1-6(8)5-7-3-2-4-9-7/h2,4,6-7H,3,5,8H2,1H3. The maximum absolute atomic E-state index is 5.56. The molecule has 0 radical (unpaired) electrons. The van der Waals surface area contributed by atoms with Crippen LogP contribution in [0.5, 0.6) is 0 Å². The van der Waals surface area contributed by atoms with E-state index in [-0.39, 0.29) is 6.04 Å². The van der Waals surface area contributed by atoms with Gasteiger partial charge in [0.2, 0.25) is 0 Å². The first-order valence-electron chi connectivity index (χ1n) is 3.35. The maximum atomic E-state index is 5.56. The van der Waals surface area contributed by atoms with Crippen LogP contribution in [-0.4, -0.2) is 12.1 Å². The van der Waals surface area contributed by atoms with Crippen molar-refractivity contribution in [2.24, 2.45) is 5.73 Å². The molecule has 1 aliphatic rings. The van der Waals surface area contributed by atoms with E-state index in [2.05, 4.69) is 0 Å². The van der Waals surface area contributed by atoms with E-state index in [1.54, 1.807) is 6.26 Å². The quantitative estimate of drug-likeness (QED) is 0.601. The monoisotopic (exact) mass is 127 g/mol. The van der Waals surface area contributed by atoms with Crippen molar-refractivity contribution in [3.8, 4) is 0 Å². The van der Waals surface area contributed by atoms with Crippen LogP contribution in [0.2, 0.25) is 0 Å². The molecule has 1 aliphatic heterocycles. The Bertz CT molecular complexity index is 101. The molecule has 0 aromatic carbocycles. The highest BCUT2D eigenvalue weighted by molar-refractivity contribution is 4.87. The summed E-state index contributed by atoms with van der Waals surface area (Å²) in [5.41, 5.74) is 5.56. The molecule has 2 heteroatoms. The molecule has 2 nitrogen and oxygen atoms in total. The van der Waals surface area contributed by atoms with Gasteiger partial charge in [-0.25, -0.2) is 0 Å². The third-order valence-electron chi connectivity index (χ3n) is 1.40. The van der Waals surface area contributed by atoms with E-state index >= 15 is 0 Å². The van der Waals surface area contributed by atoms with Crippen LogP contribution in [-0.2, 0) is 4.74 Å². The molecule has 2 unspecified atom stereocenters. The number of rotatable bonds is 2. The van der Waals surface area contributed by atoms with Crippen molar-refractivity contribution in [3.63, 3.8) is 0 Å². The van der Waals surface area contributed by atoms with Gasteiger partial charge in [0.1, 0.15) is 6.10 Å². The Kier molecular flexibility index (Phi) is 2.11. The molecular weight excluding hydrogens is 114 g/mol. The molecule has 0 amide bonds. The first-order valence-corrected chi connectivity index (χ1v) is 3.35. The molecule has 0 saturated carbocycles. The minimum absolute atomic E-state index is 0.259. The fraction of sp³-hybridized carbons (Fsp3) is 0.714. The predicted octanol–water partition coefficient (Wildman–Crippen LogP) is 1.03. The average Bonchev–Trinajstić information content (AvgIpc) is 2.15. The molecule has 52 valence electrons. The molecule has 1 heterocycles. The zero-order chi connectivity index (χ0) is 6.69. The lowest BCUT2D eigenvalue weighted by molar-refractivity contribution is 0.155. The Hall–Kier alpha value is -0.500. The van der Waals surface area contributed by atoms with Crippen molar-refractivity contribution >= 4 is 0 Å². The molecule has 2 atom stereocenters. The minimum Gasteiger partial charge on any atom is -0.498 e. The second-order valence-electron chi connectivity index (χ2n) is 2.58. The van der Waals surface area contributed by atoms with Crippen LogP contribution >= 0.6 is 0 Å². The molecule has 2 N–H and O–H groups in total. The van der Waals surface area contributed by atoms with Crippen LogP contribution in [0, 0.1) is 0 Å². The Labute approximate surface area is 55.7 Å². The summed E-state index contributed by atoms with van der Waals surface area (Å²) in [5, 5.41) is 0. The lowest BCUT2D eigenvalue weighted by atomic mass is 10.1. The van der Waals surface area contributed by atoms with Gasteiger partial charge in [-0.3, -0.25) is 0 Å². The molecule has 0 aromatic rings. The van der Waals surface area contributed by atoms with Crippen molar-refractivity contribution in [2.75, 3.05) is 0 Å². The molecule has 0 spiro atoms. The zero-order valence-electron chi connectivity index (χ0n) is 5.71. The summed E-state index contributed by atoms with van der Waals surface area (Å²) in [5.74, 6) is 0. The summed E-state index contributed by atoms with van der Waals surface area (Å²) in [4.78, 5) is 0. The lowest BCUT2D eigenvalue weighted by Gasteiger charge is -2.11. The first-order chi connectivity index (χ1) is 4.29. The number of ether oxygens (including phenoxy) is 1. The van der Waals surface area contributed by atoms with E-state index in [9.17, 15) is 0 Å². The van der Waals surface area contributed by atoms with Gasteiger partial charge < -0.3 is 10.5 Å². The molecule has 0 aliphatic carbocycles. The van der Waals surface area contributed by atoms with Gasteiger partial charge in [0.05, 0.1) is 6.26 Å². The summed E-state index contributed by atoms with van der Waals surface area (Å²) in [6.07, 6.45) is 6.14. The third-order valence-corrected chi connectivity index (χ3v) is 1.40. The van der Waals surface area contributed by atoms with Crippen molar-refractivity contribution < 1.29 is 4.74 Å². The fourth-order valence-corrected chi connectivity index (χ4v) is 0.996. The Balaban J connectivity index is 2.14. The zero-order valence-corrected chi connectivity index (χ0v) is 5.71. The number of hydrogen-bond donors (Lipinski definition) is 1. The van der Waals surface area contributed by atoms with Gasteiger partial charge in [0.15, 0.2) is 0 Å². The maximum Gasteiger partial charge on any atom is 0.103 e. The van der Waals surface area contributed by atoms with Crippen LogP contribution < -0.4 is 5.73 Å². The Morgan fingerprint density at radius 3 is 3.11 bits per heavy atom. The van der Waals surface area contributed by atoms with Gasteiger partial charge >= 0.3 is 0 Å². The van der Waals surface area contributed by atoms with E-state index in [0.717, 1.165) is 12.8 Å². The predicted molar refractivity (Wildman–Crippen MR) is 36.9 cm³/mol. The van der Waals surface area contributed by atoms with Crippen LogP contribution in [0.25, 0.3) is 0 Å². The highest BCUT2D eigenvalue weighted by atomic mass is 16.5. The van der Waals surface area contributed by atoms with Gasteiger partial charge in [-0.15, -0.1) is 0 Å². The van der Waals surface area contributed by atoms with E-state index in [0.29, 0.717) is 6.10 Å². The van der Waals surface area contributed by atoms with Gasteiger partial charge in [0, 0.05) is 12.5 Å². The van der Waals surface area contributed by atoms with Crippen LogP contribution in [0.15, 0.2) is 12.3 Å². The molecule has 1 rings (SSSR count). The summed E-state index contributed by atoms with van der Waals surface area (Å²) in [7, 11) is 0. The molecule has 0 aromatic heterocycles. The van der Waals surface area contributed by atoms with Crippen molar-refractivity contribution in [1.82, 2.24) is 0 Å². The summed E-state index contributed by atoms with van der Waals surface area (Å²) in [6.45, 7) is 2.00. The highest BCUT2D eigenvalue weighted by Crippen LogP contribution is 2.12. The molecule has 0 bridgehead atoms. The highest BCUT2D eigenvalue weighted by Gasteiger charge is 2.12. The molecule has 9 heavy (non-hydrogen) atoms. The van der Waals surface area contributed by atoms with Crippen molar-refractivity contribution in [1.29, 1.82) is 0 Å². The average molecular weight is 127 g/mol. The minimum atomic E-state index is 0.259. The van der Waals surface area contributed by atoms with Gasteiger partial charge in [-0.2, -0.15) is 0 Å². The van der Waals surface area contributed by atoms with Crippen LogP contribution in [0.1, 0.15) is 19.8 Å². The Morgan fingerprint density at radius 2 is 2.67 bits per heavy atom. The molecule has 0 saturated heterocycles. The van der Waals surface area contributed by atoms with Crippen molar-refractivity contribution in [3.05, 3.63) is 12.3 Å². The summed E-state index contributed by atoms with van der Waals surface area (Å²) < 4.78 is 5.20. The normalized spacial score (nSPS) is 28.0. The first kappa shape index (κ1) is 6.62. The largest absolute Gasteiger partial charge is 0.498 e. The van der Waals surface area contributed by atoms with E-state index in [1.165, 1.54) is 0 Å². The summed E-state index contributed by atoms with van der Waals surface area (Å²) >= 11 is 0. The van der Waals surface area contributed by atoms with E-state index < -0.39 is 0 Å². The summed E-state index contributed by atoms with van der Waals surface area (Å²) in [6, 6.07) is 0.259. The smallest absolute Gasteiger partial charge is 0.103 e. The van der Waals surface area contributed by atoms with Crippen molar-refractivity contribution in [2.45, 2.75) is 31.9 Å². The fourth-order valence-electron chi connectivity index (χ4n) is 0.996. The lowest BCUT2D eigenvalue weighted by Crippen LogP contribution is -2.21. The van der Waals surface area contributed by atoms with Crippen LogP contribution in [0.3, 0.4) is 0 Å². The van der Waals surface area contributed by atoms with Gasteiger partial charge in [0.25, 0.3) is 0 Å². The second-order valence-corrected chi connectivity index (χ2v) is 2.58. The number of nitrogens with two attached hydrogens (primary N) is 1. The van der Waals surface area contributed by atoms with E-state index in [1.807, 2.05) is 13.0 Å². The molecule has 0 fully saturated rings. The van der Waals surface area contributed by atoms with Gasteiger partial charge in [-0.05, 0) is 19.4 Å². The number of hydrogen-bond acceptors (Lipinski definition) is 2. The Morgan fingerprint density at radius 1 is 1.89 bits per heavy atom. The second kappa shape index (κ2) is 2.87. The van der Waals surface area contributed by atoms with Crippen LogP contribution in [0.4, 0.5) is 0 Å². The van der Waals surface area contributed by atoms with Gasteiger partial charge in [-0.1, -0.05) is 0 Å². The molecular formula is C7H13NO. The van der Waals surface area contributed by atoms with E-state index in [4.69, 9.17) is 10.5 Å². The topological polar surface area (TPSA) is 35.2 Å². The SMILES string of the molecule is CC(N)CC1CC=CO1. The third kappa shape index (κ3) is 2.06.